The summed E-state index contributed by atoms with van der Waals surface area (Å²) < 4.78 is 1.88. The molecular formula is C17H15N5O3. The molecule has 3 aromatic rings. The van der Waals surface area contributed by atoms with Crippen LogP contribution in [-0.4, -0.2) is 26.1 Å². The van der Waals surface area contributed by atoms with E-state index in [2.05, 4.69) is 15.5 Å². The number of hydrogen-bond donors (Lipinski definition) is 1. The van der Waals surface area contributed by atoms with Crippen LogP contribution >= 0.6 is 0 Å². The molecule has 1 N–H and O–H groups in total. The molecule has 0 saturated heterocycles. The Balaban J connectivity index is 1.83. The van der Waals surface area contributed by atoms with E-state index in [1.165, 1.54) is 24.3 Å². The topological polar surface area (TPSA) is 102 Å². The molecule has 0 bridgehead atoms. The van der Waals surface area contributed by atoms with Gasteiger partial charge in [0.1, 0.15) is 5.71 Å². The van der Waals surface area contributed by atoms with E-state index in [1.54, 1.807) is 6.92 Å². The van der Waals surface area contributed by atoms with Gasteiger partial charge >= 0.3 is 0 Å². The fourth-order valence-corrected chi connectivity index (χ4v) is 2.48. The van der Waals surface area contributed by atoms with Crippen molar-refractivity contribution in [3.05, 3.63) is 70.0 Å². The smallest absolute Gasteiger partial charge is 0.271 e. The van der Waals surface area contributed by atoms with Crippen LogP contribution in [0, 0.1) is 10.1 Å². The van der Waals surface area contributed by atoms with Crippen LogP contribution in [0.5, 0.6) is 0 Å². The lowest BCUT2D eigenvalue weighted by Crippen LogP contribution is -2.20. The molecule has 0 spiro atoms. The van der Waals surface area contributed by atoms with Crippen LogP contribution in [0.2, 0.25) is 0 Å². The average Bonchev–Trinajstić information content (AvgIpc) is 2.96. The first-order valence-corrected chi connectivity index (χ1v) is 7.48. The Bertz CT molecular complexity index is 1010. The first-order valence-electron chi connectivity index (χ1n) is 7.48. The number of rotatable bonds is 4. The number of carbonyl (C=O) groups excluding carboxylic acids is 1. The number of fused-ring (bicyclic) bond motifs is 1. The number of hydrogen-bond acceptors (Lipinski definition) is 5. The minimum atomic E-state index is -0.551. The van der Waals surface area contributed by atoms with Crippen LogP contribution in [-0.2, 0) is 7.05 Å². The van der Waals surface area contributed by atoms with E-state index in [9.17, 15) is 14.9 Å². The molecule has 1 aromatic heterocycles. The molecular weight excluding hydrogens is 322 g/mol. The second-order valence-electron chi connectivity index (χ2n) is 5.43. The normalized spacial score (nSPS) is 11.5. The monoisotopic (exact) mass is 337 g/mol. The summed E-state index contributed by atoms with van der Waals surface area (Å²) in [4.78, 5) is 26.9. The molecule has 0 aliphatic carbocycles. The maximum Gasteiger partial charge on any atom is 0.271 e. The molecule has 0 saturated carbocycles. The molecule has 126 valence electrons. The van der Waals surface area contributed by atoms with Gasteiger partial charge in [0, 0.05) is 24.7 Å². The maximum atomic E-state index is 12.1. The highest BCUT2D eigenvalue weighted by Gasteiger charge is 2.13. The second kappa shape index (κ2) is 6.52. The van der Waals surface area contributed by atoms with Gasteiger partial charge in [-0.2, -0.15) is 5.10 Å². The van der Waals surface area contributed by atoms with Gasteiger partial charge in [-0.25, -0.2) is 10.4 Å². The summed E-state index contributed by atoms with van der Waals surface area (Å²) in [6.45, 7) is 1.73. The van der Waals surface area contributed by atoms with Gasteiger partial charge < -0.3 is 4.57 Å². The van der Waals surface area contributed by atoms with Crippen molar-refractivity contribution in [2.24, 2.45) is 12.1 Å². The number of nitrogens with one attached hydrogen (secondary N) is 1. The number of aromatic nitrogens is 2. The van der Waals surface area contributed by atoms with Crippen molar-refractivity contribution >= 4 is 28.3 Å². The SMILES string of the molecule is C/C(=N\NC(=O)c1cccc([N+](=O)[O-])c1)c1nc2ccccc2n1C. The number of nitrogens with zero attached hydrogens (tertiary/aromatic N) is 4. The van der Waals surface area contributed by atoms with Crippen molar-refractivity contribution in [3.63, 3.8) is 0 Å². The Morgan fingerprint density at radius 3 is 2.72 bits per heavy atom. The van der Waals surface area contributed by atoms with Crippen molar-refractivity contribution in [2.75, 3.05) is 0 Å². The standard InChI is InChI=1S/C17H15N5O3/c1-11(16-18-14-8-3-4-9-15(14)21(16)2)19-20-17(23)12-6-5-7-13(10-12)22(24)25/h3-10H,1-2H3,(H,20,23)/b19-11+. The van der Waals surface area contributed by atoms with Gasteiger partial charge in [-0.3, -0.25) is 14.9 Å². The number of aryl methyl sites for hydroxylation is 1. The number of nitro groups is 1. The molecule has 0 radical (unpaired) electrons. The fraction of sp³-hybridized carbons (Fsp3) is 0.118. The fourth-order valence-electron chi connectivity index (χ4n) is 2.48. The highest BCUT2D eigenvalue weighted by atomic mass is 16.6. The molecule has 0 unspecified atom stereocenters. The van der Waals surface area contributed by atoms with Gasteiger partial charge in [-0.05, 0) is 25.1 Å². The van der Waals surface area contributed by atoms with Crippen LogP contribution in [0.1, 0.15) is 23.1 Å². The number of para-hydroxylation sites is 2. The molecule has 0 aliphatic heterocycles. The van der Waals surface area contributed by atoms with Gasteiger partial charge in [0.25, 0.3) is 11.6 Å². The molecule has 0 atom stereocenters. The zero-order valence-corrected chi connectivity index (χ0v) is 13.6. The van der Waals surface area contributed by atoms with E-state index in [0.717, 1.165) is 11.0 Å². The van der Waals surface area contributed by atoms with E-state index in [0.29, 0.717) is 11.5 Å². The number of nitro benzene ring substituents is 1. The number of amides is 1. The Labute approximate surface area is 142 Å². The Morgan fingerprint density at radius 2 is 2.00 bits per heavy atom. The molecule has 0 fully saturated rings. The lowest BCUT2D eigenvalue weighted by molar-refractivity contribution is -0.384. The highest BCUT2D eigenvalue weighted by molar-refractivity contribution is 6.00. The first-order chi connectivity index (χ1) is 12.0. The Morgan fingerprint density at radius 1 is 1.24 bits per heavy atom. The van der Waals surface area contributed by atoms with E-state index >= 15 is 0 Å². The van der Waals surface area contributed by atoms with Crippen LogP contribution in [0.3, 0.4) is 0 Å². The predicted molar refractivity (Wildman–Crippen MR) is 93.5 cm³/mol. The predicted octanol–water partition coefficient (Wildman–Crippen LogP) is 2.64. The summed E-state index contributed by atoms with van der Waals surface area (Å²) in [5.74, 6) is 0.0994. The number of benzene rings is 2. The second-order valence-corrected chi connectivity index (χ2v) is 5.43. The maximum absolute atomic E-state index is 12.1. The van der Waals surface area contributed by atoms with Crippen molar-refractivity contribution in [3.8, 4) is 0 Å². The van der Waals surface area contributed by atoms with Gasteiger partial charge in [-0.15, -0.1) is 0 Å². The third kappa shape index (κ3) is 3.23. The summed E-state index contributed by atoms with van der Waals surface area (Å²) >= 11 is 0. The van der Waals surface area contributed by atoms with Crippen LogP contribution in [0.15, 0.2) is 53.6 Å². The minimum Gasteiger partial charge on any atom is -0.326 e. The van der Waals surface area contributed by atoms with Gasteiger partial charge in [0.2, 0.25) is 0 Å². The summed E-state index contributed by atoms with van der Waals surface area (Å²) in [6.07, 6.45) is 0. The zero-order chi connectivity index (χ0) is 18.0. The van der Waals surface area contributed by atoms with Gasteiger partial charge in [0.05, 0.1) is 16.0 Å². The van der Waals surface area contributed by atoms with Crippen molar-refractivity contribution < 1.29 is 9.72 Å². The van der Waals surface area contributed by atoms with Gasteiger partial charge in [0.15, 0.2) is 5.82 Å². The third-order valence-corrected chi connectivity index (χ3v) is 3.76. The van der Waals surface area contributed by atoms with E-state index in [1.807, 2.05) is 35.9 Å². The Kier molecular flexibility index (Phi) is 4.25. The number of imidazole rings is 1. The molecule has 25 heavy (non-hydrogen) atoms. The summed E-state index contributed by atoms with van der Waals surface area (Å²) in [7, 11) is 1.87. The summed E-state index contributed by atoms with van der Waals surface area (Å²) in [5.41, 5.74) is 4.74. The first kappa shape index (κ1) is 16.3. The molecule has 0 aliphatic rings. The number of carbonyl (C=O) groups is 1. The van der Waals surface area contributed by atoms with E-state index in [4.69, 9.17) is 0 Å². The lowest BCUT2D eigenvalue weighted by atomic mass is 10.2. The quantitative estimate of drug-likeness (QED) is 0.449. The van der Waals surface area contributed by atoms with Crippen LogP contribution in [0.25, 0.3) is 11.0 Å². The zero-order valence-electron chi connectivity index (χ0n) is 13.6. The molecule has 1 amide bonds. The molecule has 3 rings (SSSR count). The van der Waals surface area contributed by atoms with Crippen molar-refractivity contribution in [2.45, 2.75) is 6.92 Å². The largest absolute Gasteiger partial charge is 0.326 e. The molecule has 2 aromatic carbocycles. The lowest BCUT2D eigenvalue weighted by Gasteiger charge is -2.03. The van der Waals surface area contributed by atoms with E-state index < -0.39 is 10.8 Å². The van der Waals surface area contributed by atoms with Gasteiger partial charge in [-0.1, -0.05) is 18.2 Å². The minimum absolute atomic E-state index is 0.149. The van der Waals surface area contributed by atoms with Crippen LogP contribution in [0.4, 0.5) is 5.69 Å². The molecule has 8 nitrogen and oxygen atoms in total. The van der Waals surface area contributed by atoms with Crippen molar-refractivity contribution in [1.29, 1.82) is 0 Å². The molecule has 1 heterocycles. The Hall–Kier alpha value is -3.55. The highest BCUT2D eigenvalue weighted by Crippen LogP contribution is 2.15. The summed E-state index contributed by atoms with van der Waals surface area (Å²) in [5, 5.41) is 14.9. The third-order valence-electron chi connectivity index (χ3n) is 3.76. The summed E-state index contributed by atoms with van der Waals surface area (Å²) in [6, 6.07) is 13.1. The van der Waals surface area contributed by atoms with Crippen LogP contribution < -0.4 is 5.43 Å². The number of non-ortho nitro benzene ring substituents is 1. The molecule has 8 heteroatoms. The average molecular weight is 337 g/mol. The van der Waals surface area contributed by atoms with E-state index in [-0.39, 0.29) is 11.3 Å². The van der Waals surface area contributed by atoms with Crippen molar-refractivity contribution in [1.82, 2.24) is 15.0 Å². The number of hydrazone groups is 1.